The zero-order valence-electron chi connectivity index (χ0n) is 20.4. The van der Waals surface area contributed by atoms with Crippen LogP contribution in [0.2, 0.25) is 5.02 Å². The van der Waals surface area contributed by atoms with Crippen LogP contribution in [0.4, 0.5) is 8.78 Å². The van der Waals surface area contributed by atoms with Crippen molar-refractivity contribution in [3.05, 3.63) is 62.2 Å². The lowest BCUT2D eigenvalue weighted by atomic mass is 9.80. The van der Waals surface area contributed by atoms with E-state index in [9.17, 15) is 22.0 Å². The molecule has 2 aliphatic rings. The van der Waals surface area contributed by atoms with Gasteiger partial charge in [0.1, 0.15) is 6.04 Å². The molecule has 0 spiro atoms. The molecule has 1 saturated carbocycles. The lowest BCUT2D eigenvalue weighted by molar-refractivity contribution is -0.136. The SMILES string of the molecule is COC(=O)C1=C(C2CCC(NS(=O)(=O)CCCO)CC2)NC(c2nccs2)=N[C@@H]1c1ccc(F)c(F)c1Cl. The maximum absolute atomic E-state index is 14.5. The van der Waals surface area contributed by atoms with Gasteiger partial charge in [-0.15, -0.1) is 11.3 Å². The second-order valence-electron chi connectivity index (χ2n) is 8.99. The van der Waals surface area contributed by atoms with E-state index in [1.54, 1.807) is 11.6 Å². The molecular weight excluding hydrogens is 562 g/mol. The number of thiazole rings is 1. The van der Waals surface area contributed by atoms with Gasteiger partial charge in [-0.25, -0.2) is 31.7 Å². The highest BCUT2D eigenvalue weighted by Gasteiger charge is 2.38. The van der Waals surface area contributed by atoms with Crippen molar-refractivity contribution in [1.82, 2.24) is 15.0 Å². The van der Waals surface area contributed by atoms with Crippen molar-refractivity contribution >= 4 is 44.8 Å². The van der Waals surface area contributed by atoms with Crippen LogP contribution in [0.5, 0.6) is 0 Å². The van der Waals surface area contributed by atoms with Crippen molar-refractivity contribution in [2.75, 3.05) is 19.5 Å². The van der Waals surface area contributed by atoms with E-state index in [4.69, 9.17) is 21.4 Å². The Bertz CT molecular complexity index is 1340. The third-order valence-electron chi connectivity index (χ3n) is 6.53. The normalized spacial score (nSPS) is 22.1. The Morgan fingerprint density at radius 3 is 2.66 bits per heavy atom. The second kappa shape index (κ2) is 12.2. The Labute approximate surface area is 228 Å². The fourth-order valence-corrected chi connectivity index (χ4v) is 6.93. The van der Waals surface area contributed by atoms with Gasteiger partial charge in [0.05, 0.1) is 23.5 Å². The van der Waals surface area contributed by atoms with Gasteiger partial charge < -0.3 is 15.2 Å². The van der Waals surface area contributed by atoms with E-state index < -0.39 is 38.7 Å². The number of aliphatic hydroxyl groups is 1. The zero-order valence-corrected chi connectivity index (χ0v) is 22.8. The van der Waals surface area contributed by atoms with E-state index in [1.807, 2.05) is 0 Å². The molecule has 0 unspecified atom stereocenters. The van der Waals surface area contributed by atoms with Gasteiger partial charge in [-0.05, 0) is 44.1 Å². The van der Waals surface area contributed by atoms with Gasteiger partial charge >= 0.3 is 5.97 Å². The van der Waals surface area contributed by atoms with E-state index in [-0.39, 0.29) is 41.9 Å². The van der Waals surface area contributed by atoms with Gasteiger partial charge in [0.15, 0.2) is 22.5 Å². The molecular formula is C24H27ClF2N4O5S2. The number of rotatable bonds is 9. The molecule has 14 heteroatoms. The number of aliphatic imine (C=N–C) groups is 1. The van der Waals surface area contributed by atoms with Gasteiger partial charge in [-0.1, -0.05) is 17.7 Å². The van der Waals surface area contributed by atoms with Gasteiger partial charge in [0.25, 0.3) is 0 Å². The molecule has 1 aromatic heterocycles. The molecule has 2 aromatic rings. The molecule has 1 fully saturated rings. The van der Waals surface area contributed by atoms with Gasteiger partial charge in [0, 0.05) is 35.5 Å². The largest absolute Gasteiger partial charge is 0.466 e. The highest BCUT2D eigenvalue weighted by atomic mass is 35.5. The van der Waals surface area contributed by atoms with Crippen LogP contribution in [0, 0.1) is 17.6 Å². The number of aliphatic hydroxyl groups excluding tert-OH is 1. The summed E-state index contributed by atoms with van der Waals surface area (Å²) >= 11 is 7.50. The molecule has 3 N–H and O–H groups in total. The monoisotopic (exact) mass is 588 g/mol. The molecule has 1 aliphatic heterocycles. The number of hydrogen-bond donors (Lipinski definition) is 3. The number of ether oxygens (including phenoxy) is 1. The average Bonchev–Trinajstić information content (AvgIpc) is 3.45. The molecule has 0 bridgehead atoms. The minimum atomic E-state index is -3.53. The number of methoxy groups -OCH3 is 1. The zero-order chi connectivity index (χ0) is 27.4. The maximum Gasteiger partial charge on any atom is 0.338 e. The number of amidine groups is 1. The molecule has 0 amide bonds. The summed E-state index contributed by atoms with van der Waals surface area (Å²) in [5, 5.41) is 14.0. The van der Waals surface area contributed by atoms with Crippen LogP contribution in [-0.2, 0) is 19.6 Å². The summed E-state index contributed by atoms with van der Waals surface area (Å²) in [4.78, 5) is 22.0. The Hall–Kier alpha value is -2.45. The van der Waals surface area contributed by atoms with Crippen LogP contribution < -0.4 is 10.0 Å². The van der Waals surface area contributed by atoms with Crippen LogP contribution in [-0.4, -0.2) is 55.8 Å². The van der Waals surface area contributed by atoms with Crippen LogP contribution >= 0.6 is 22.9 Å². The number of nitrogens with zero attached hydrogens (tertiary/aromatic N) is 2. The Morgan fingerprint density at radius 2 is 2.03 bits per heavy atom. The van der Waals surface area contributed by atoms with Crippen molar-refractivity contribution < 1.29 is 31.8 Å². The third-order valence-corrected chi connectivity index (χ3v) is 9.21. The summed E-state index contributed by atoms with van der Waals surface area (Å²) < 4.78 is 60.6. The summed E-state index contributed by atoms with van der Waals surface area (Å²) in [5.41, 5.74) is 0.724. The summed E-state index contributed by atoms with van der Waals surface area (Å²) in [7, 11) is -2.31. The molecule has 206 valence electrons. The van der Waals surface area contributed by atoms with Crippen molar-refractivity contribution in [3.8, 4) is 0 Å². The quantitative estimate of drug-likeness (QED) is 0.302. The van der Waals surface area contributed by atoms with Gasteiger partial charge in [-0.3, -0.25) is 4.99 Å². The van der Waals surface area contributed by atoms with E-state index in [0.29, 0.717) is 42.2 Å². The molecule has 2 heterocycles. The highest BCUT2D eigenvalue weighted by molar-refractivity contribution is 7.89. The molecule has 0 saturated heterocycles. The number of carbonyl (C=O) groups excluding carboxylic acids is 1. The first kappa shape index (κ1) is 28.6. The lowest BCUT2D eigenvalue weighted by Gasteiger charge is -2.35. The number of esters is 1. The second-order valence-corrected chi connectivity index (χ2v) is 12.1. The van der Waals surface area contributed by atoms with Crippen LogP contribution in [0.25, 0.3) is 0 Å². The minimum Gasteiger partial charge on any atom is -0.466 e. The van der Waals surface area contributed by atoms with Gasteiger partial charge in [-0.2, -0.15) is 0 Å². The molecule has 1 atom stereocenters. The predicted molar refractivity (Wildman–Crippen MR) is 139 cm³/mol. The fourth-order valence-electron chi connectivity index (χ4n) is 4.72. The molecule has 4 rings (SSSR count). The summed E-state index contributed by atoms with van der Waals surface area (Å²) in [6.45, 7) is -0.212. The van der Waals surface area contributed by atoms with Crippen LogP contribution in [0.1, 0.15) is 48.7 Å². The summed E-state index contributed by atoms with van der Waals surface area (Å²) in [6.07, 6.45) is 3.80. The van der Waals surface area contributed by atoms with Crippen molar-refractivity contribution in [2.24, 2.45) is 10.9 Å². The van der Waals surface area contributed by atoms with Crippen molar-refractivity contribution in [1.29, 1.82) is 0 Å². The molecule has 1 aliphatic carbocycles. The number of nitrogens with one attached hydrogen (secondary N) is 2. The molecule has 9 nitrogen and oxygen atoms in total. The number of allylic oxidation sites excluding steroid dienone is 1. The summed E-state index contributed by atoms with van der Waals surface area (Å²) in [6, 6.07) is 0.845. The lowest BCUT2D eigenvalue weighted by Crippen LogP contribution is -2.42. The fraction of sp³-hybridized carbons (Fsp3) is 0.458. The molecule has 1 aromatic carbocycles. The first-order valence-corrected chi connectivity index (χ1v) is 14.9. The van der Waals surface area contributed by atoms with E-state index in [1.165, 1.54) is 24.5 Å². The number of halogens is 3. The number of sulfonamides is 1. The molecule has 0 radical (unpaired) electrons. The Balaban J connectivity index is 1.70. The number of benzene rings is 1. The van der Waals surface area contributed by atoms with Crippen molar-refractivity contribution in [2.45, 2.75) is 44.2 Å². The summed E-state index contributed by atoms with van der Waals surface area (Å²) in [5.74, 6) is -3.09. The van der Waals surface area contributed by atoms with Crippen LogP contribution in [0.15, 0.2) is 40.0 Å². The van der Waals surface area contributed by atoms with Gasteiger partial charge in [0.2, 0.25) is 10.0 Å². The number of aromatic nitrogens is 1. The topological polar surface area (TPSA) is 130 Å². The maximum atomic E-state index is 14.5. The van der Waals surface area contributed by atoms with Crippen molar-refractivity contribution in [3.63, 3.8) is 0 Å². The Morgan fingerprint density at radius 1 is 1.29 bits per heavy atom. The van der Waals surface area contributed by atoms with E-state index >= 15 is 0 Å². The average molecular weight is 589 g/mol. The third kappa shape index (κ3) is 6.23. The number of carbonyl (C=O) groups is 1. The predicted octanol–water partition coefficient (Wildman–Crippen LogP) is 3.45. The smallest absolute Gasteiger partial charge is 0.338 e. The first-order valence-electron chi connectivity index (χ1n) is 12.0. The van der Waals surface area contributed by atoms with E-state index in [2.05, 4.69) is 20.0 Å². The highest BCUT2D eigenvalue weighted by Crippen LogP contribution is 2.41. The molecule has 38 heavy (non-hydrogen) atoms. The Kier molecular flexibility index (Phi) is 9.14. The standard InChI is InChI=1S/C24H27ClF2N4O5S2/c1-36-24(33)17-20(13-3-5-14(6-4-13)31-38(34,35)12-2-10-32)29-22(23-28-9-11-37-23)30-21(17)15-7-8-16(26)19(27)18(15)25/h7-9,11,13-14,21,31-32H,2-6,10,12H2,1H3,(H,29,30)/t13?,14?,21-/m1/s1. The first-order chi connectivity index (χ1) is 18.1. The number of hydrogen-bond acceptors (Lipinski definition) is 9. The minimum absolute atomic E-state index is 0.101. The van der Waals surface area contributed by atoms with Crippen LogP contribution in [0.3, 0.4) is 0 Å². The van der Waals surface area contributed by atoms with E-state index in [0.717, 1.165) is 6.07 Å².